The predicted molar refractivity (Wildman–Crippen MR) is 105 cm³/mol. The Morgan fingerprint density at radius 2 is 1.88 bits per heavy atom. The molecular weight excluding hydrogens is 374 g/mol. The molecule has 1 aromatic rings. The minimum Gasteiger partial charge on any atom is -0.297 e. The number of rotatable bonds is 8. The zero-order valence-electron chi connectivity index (χ0n) is 15.7. The molecule has 0 bridgehead atoms. The highest BCUT2D eigenvalue weighted by Gasteiger charge is 2.25. The standard InChI is InChI=1S/C17H25N3O4S2/c1-6-8-9-15(7-2)18-24-17(21)19(4)25-20(5)26(22,23)16-12-10-14(3)11-13-16/h6,8,10-13H,7,9H2,1-5H3. The minimum absolute atomic E-state index is 0.150. The van der Waals surface area contributed by atoms with E-state index in [1.807, 2.05) is 32.9 Å². The van der Waals surface area contributed by atoms with E-state index in [1.165, 1.54) is 26.2 Å². The summed E-state index contributed by atoms with van der Waals surface area (Å²) >= 11 is 0.712. The van der Waals surface area contributed by atoms with Gasteiger partial charge in [0.05, 0.1) is 22.7 Å². The van der Waals surface area contributed by atoms with E-state index in [2.05, 4.69) is 5.16 Å². The van der Waals surface area contributed by atoms with E-state index >= 15 is 0 Å². The van der Waals surface area contributed by atoms with Crippen LogP contribution in [0, 0.1) is 6.92 Å². The van der Waals surface area contributed by atoms with Gasteiger partial charge in [0.1, 0.15) is 0 Å². The summed E-state index contributed by atoms with van der Waals surface area (Å²) in [4.78, 5) is 17.1. The molecule has 26 heavy (non-hydrogen) atoms. The Morgan fingerprint density at radius 1 is 1.27 bits per heavy atom. The number of allylic oxidation sites excluding steroid dienone is 2. The van der Waals surface area contributed by atoms with Gasteiger partial charge < -0.3 is 0 Å². The number of oxime groups is 1. The highest BCUT2D eigenvalue weighted by molar-refractivity contribution is 8.07. The second kappa shape index (κ2) is 10.3. The van der Waals surface area contributed by atoms with Gasteiger partial charge in [0.25, 0.3) is 10.0 Å². The first-order valence-corrected chi connectivity index (χ1v) is 10.2. The molecule has 0 N–H and O–H groups in total. The zero-order valence-corrected chi connectivity index (χ0v) is 17.3. The Bertz CT molecular complexity index is 759. The van der Waals surface area contributed by atoms with Crippen LogP contribution in [0.15, 0.2) is 46.5 Å². The van der Waals surface area contributed by atoms with Crippen LogP contribution in [0.1, 0.15) is 32.3 Å². The van der Waals surface area contributed by atoms with Crippen molar-refractivity contribution in [3.63, 3.8) is 0 Å². The van der Waals surface area contributed by atoms with Crippen LogP contribution in [-0.4, -0.2) is 42.3 Å². The molecule has 7 nitrogen and oxygen atoms in total. The molecule has 0 aromatic heterocycles. The molecule has 0 radical (unpaired) electrons. The first-order chi connectivity index (χ1) is 12.2. The number of nitrogens with zero attached hydrogens (tertiary/aromatic N) is 3. The van der Waals surface area contributed by atoms with Crippen molar-refractivity contribution in [2.75, 3.05) is 14.1 Å². The fourth-order valence-electron chi connectivity index (χ4n) is 1.77. The number of amides is 1. The molecule has 0 saturated carbocycles. The summed E-state index contributed by atoms with van der Waals surface area (Å²) in [5, 5.41) is 3.83. The summed E-state index contributed by atoms with van der Waals surface area (Å²) in [5.74, 6) is 0. The molecular formula is C17H25N3O4S2. The normalized spacial score (nSPS) is 12.6. The van der Waals surface area contributed by atoms with Crippen molar-refractivity contribution in [1.82, 2.24) is 8.02 Å². The van der Waals surface area contributed by atoms with E-state index in [4.69, 9.17) is 4.84 Å². The Morgan fingerprint density at radius 3 is 2.42 bits per heavy atom. The largest absolute Gasteiger partial charge is 0.446 e. The molecule has 0 spiro atoms. The monoisotopic (exact) mass is 399 g/mol. The lowest BCUT2D eigenvalue weighted by atomic mass is 10.2. The summed E-state index contributed by atoms with van der Waals surface area (Å²) < 4.78 is 27.1. The quantitative estimate of drug-likeness (QED) is 0.217. The molecule has 9 heteroatoms. The number of hydrogen-bond donors (Lipinski definition) is 0. The van der Waals surface area contributed by atoms with E-state index in [0.29, 0.717) is 25.0 Å². The molecule has 1 amide bonds. The van der Waals surface area contributed by atoms with Gasteiger partial charge in [0.15, 0.2) is 0 Å². The maximum absolute atomic E-state index is 12.5. The van der Waals surface area contributed by atoms with Gasteiger partial charge in [-0.3, -0.25) is 4.84 Å². The van der Waals surface area contributed by atoms with Crippen molar-refractivity contribution in [3.05, 3.63) is 42.0 Å². The van der Waals surface area contributed by atoms with Crippen LogP contribution < -0.4 is 0 Å². The van der Waals surface area contributed by atoms with E-state index in [1.54, 1.807) is 12.1 Å². The second-order valence-corrected chi connectivity index (χ2v) is 8.91. The summed E-state index contributed by atoms with van der Waals surface area (Å²) in [6.07, 6.45) is 4.29. The average molecular weight is 400 g/mol. The molecule has 0 saturated heterocycles. The van der Waals surface area contributed by atoms with E-state index in [-0.39, 0.29) is 4.90 Å². The van der Waals surface area contributed by atoms with Gasteiger partial charge in [-0.2, -0.15) is 0 Å². The summed E-state index contributed by atoms with van der Waals surface area (Å²) in [6, 6.07) is 6.49. The fraction of sp³-hybridized carbons (Fsp3) is 0.412. The second-order valence-electron chi connectivity index (χ2n) is 5.45. The lowest BCUT2D eigenvalue weighted by molar-refractivity contribution is 0.136. The maximum atomic E-state index is 12.5. The molecule has 0 aliphatic heterocycles. The van der Waals surface area contributed by atoms with Crippen molar-refractivity contribution in [1.29, 1.82) is 0 Å². The highest BCUT2D eigenvalue weighted by Crippen LogP contribution is 2.23. The molecule has 0 atom stereocenters. The smallest absolute Gasteiger partial charge is 0.297 e. The van der Waals surface area contributed by atoms with Gasteiger partial charge in [0.2, 0.25) is 0 Å². The molecule has 0 aliphatic carbocycles. The van der Waals surface area contributed by atoms with Gasteiger partial charge >= 0.3 is 6.09 Å². The van der Waals surface area contributed by atoms with Crippen LogP contribution in [0.5, 0.6) is 0 Å². The van der Waals surface area contributed by atoms with Crippen molar-refractivity contribution < 1.29 is 18.0 Å². The van der Waals surface area contributed by atoms with E-state index < -0.39 is 16.1 Å². The Hall–Kier alpha value is -1.84. The number of sulfonamides is 1. The number of carbonyl (C=O) groups excluding carboxylic acids is 1. The van der Waals surface area contributed by atoms with Crippen molar-refractivity contribution >= 4 is 34.0 Å². The number of aryl methyl sites for hydroxylation is 1. The van der Waals surface area contributed by atoms with Crippen LogP contribution in [0.25, 0.3) is 0 Å². The zero-order chi connectivity index (χ0) is 19.7. The molecule has 0 heterocycles. The van der Waals surface area contributed by atoms with Crippen molar-refractivity contribution in [3.8, 4) is 0 Å². The predicted octanol–water partition coefficient (Wildman–Crippen LogP) is 3.98. The first-order valence-electron chi connectivity index (χ1n) is 8.07. The first kappa shape index (κ1) is 22.2. The average Bonchev–Trinajstić information content (AvgIpc) is 2.61. The summed E-state index contributed by atoms with van der Waals surface area (Å²) in [6.45, 7) is 5.69. The lowest BCUT2D eigenvalue weighted by Gasteiger charge is -2.21. The van der Waals surface area contributed by atoms with E-state index in [0.717, 1.165) is 19.3 Å². The number of hydrogen-bond acceptors (Lipinski definition) is 6. The van der Waals surface area contributed by atoms with Gasteiger partial charge in [-0.25, -0.2) is 17.5 Å². The molecule has 1 aromatic carbocycles. The van der Waals surface area contributed by atoms with Crippen LogP contribution >= 0.6 is 12.1 Å². The molecule has 0 fully saturated rings. The Labute approximate surface area is 160 Å². The van der Waals surface area contributed by atoms with Crippen LogP contribution in [0.2, 0.25) is 0 Å². The molecule has 0 unspecified atom stereocenters. The van der Waals surface area contributed by atoms with Gasteiger partial charge in [-0.05, 0) is 32.4 Å². The minimum atomic E-state index is -3.73. The molecule has 1 rings (SSSR count). The highest BCUT2D eigenvalue weighted by atomic mass is 32.3. The Balaban J connectivity index is 2.73. The van der Waals surface area contributed by atoms with Crippen molar-refractivity contribution in [2.45, 2.75) is 38.5 Å². The van der Waals surface area contributed by atoms with Crippen molar-refractivity contribution in [2.24, 2.45) is 5.16 Å². The van der Waals surface area contributed by atoms with Gasteiger partial charge in [-0.15, -0.1) is 3.71 Å². The molecule has 144 valence electrons. The third-order valence-electron chi connectivity index (χ3n) is 3.40. The number of carbonyl (C=O) groups is 1. The topological polar surface area (TPSA) is 79.3 Å². The Kier molecular flexibility index (Phi) is 8.83. The summed E-state index contributed by atoms with van der Waals surface area (Å²) in [5.41, 5.74) is 1.68. The maximum Gasteiger partial charge on any atom is 0.446 e. The third-order valence-corrected chi connectivity index (χ3v) is 6.36. The van der Waals surface area contributed by atoms with Crippen LogP contribution in [0.4, 0.5) is 4.79 Å². The van der Waals surface area contributed by atoms with Crippen LogP contribution in [0.3, 0.4) is 0 Å². The van der Waals surface area contributed by atoms with Gasteiger partial charge in [-0.1, -0.05) is 41.9 Å². The van der Waals surface area contributed by atoms with E-state index in [9.17, 15) is 13.2 Å². The van der Waals surface area contributed by atoms with Crippen LogP contribution in [-0.2, 0) is 14.9 Å². The summed E-state index contributed by atoms with van der Waals surface area (Å²) in [7, 11) is -0.941. The third kappa shape index (κ3) is 6.47. The molecule has 0 aliphatic rings. The SMILES string of the molecule is CC=CCC(CC)=NOC(=O)N(C)SN(C)S(=O)(=O)c1ccc(C)cc1. The van der Waals surface area contributed by atoms with Gasteiger partial charge in [0, 0.05) is 20.5 Å². The fourth-order valence-corrected chi connectivity index (χ4v) is 3.90. The lowest BCUT2D eigenvalue weighted by Crippen LogP contribution is -2.29. The number of benzene rings is 1.